The zero-order valence-electron chi connectivity index (χ0n) is 8.29. The summed E-state index contributed by atoms with van der Waals surface area (Å²) in [6.07, 6.45) is 0. The molecule has 1 aromatic rings. The van der Waals surface area contributed by atoms with Crippen LogP contribution in [0, 0.1) is 0 Å². The average molecular weight is 228 g/mol. The number of carbonyl (C=O) groups excluding carboxylic acids is 1. The van der Waals surface area contributed by atoms with Crippen molar-refractivity contribution in [1.29, 1.82) is 0 Å². The average Bonchev–Trinajstić information content (AvgIpc) is 2.19. The van der Waals surface area contributed by atoms with Gasteiger partial charge in [-0.1, -0.05) is 30.3 Å². The van der Waals surface area contributed by atoms with Gasteiger partial charge in [0.2, 0.25) is 0 Å². The number of carbonyl (C=O) groups is 1. The van der Waals surface area contributed by atoms with E-state index >= 15 is 0 Å². The number of hydrogen-bond donors (Lipinski definition) is 0. The Morgan fingerprint density at radius 2 is 1.93 bits per heavy atom. The summed E-state index contributed by atoms with van der Waals surface area (Å²) in [5, 5.41) is 0. The van der Waals surface area contributed by atoms with Crippen molar-refractivity contribution in [1.82, 2.24) is 0 Å². The highest BCUT2D eigenvalue weighted by Gasteiger charge is 2.21. The van der Waals surface area contributed by atoms with E-state index in [0.29, 0.717) is 5.56 Å². The van der Waals surface area contributed by atoms with Crippen molar-refractivity contribution in [2.24, 2.45) is 0 Å². The summed E-state index contributed by atoms with van der Waals surface area (Å²) in [5.74, 6) is -0.122. The quantitative estimate of drug-likeness (QED) is 0.708. The molecular weight excluding hydrogens is 216 g/mol. The lowest BCUT2D eigenvalue weighted by Crippen LogP contribution is -2.22. The molecule has 0 radical (unpaired) electrons. The van der Waals surface area contributed by atoms with Crippen molar-refractivity contribution >= 4 is 16.3 Å². The summed E-state index contributed by atoms with van der Waals surface area (Å²) in [6.45, 7) is 1.49. The molecule has 1 aromatic carbocycles. The first-order valence-corrected chi connectivity index (χ1v) is 6.12. The van der Waals surface area contributed by atoms with E-state index in [1.54, 1.807) is 24.3 Å². The number of hydrogen-bond acceptors (Lipinski definition) is 4. The summed E-state index contributed by atoms with van der Waals surface area (Å²) in [6, 6.07) is 8.75. The Balaban J connectivity index is 2.77. The molecule has 15 heavy (non-hydrogen) atoms. The third-order valence-corrected chi connectivity index (χ3v) is 3.82. The number of rotatable bonds is 5. The van der Waals surface area contributed by atoms with Gasteiger partial charge in [0.1, 0.15) is 0 Å². The van der Waals surface area contributed by atoms with Crippen molar-refractivity contribution in [3.63, 3.8) is 0 Å². The molecule has 0 amide bonds. The van der Waals surface area contributed by atoms with Crippen LogP contribution in [0.15, 0.2) is 30.3 Å². The van der Waals surface area contributed by atoms with Gasteiger partial charge in [-0.25, -0.2) is 8.42 Å². The van der Waals surface area contributed by atoms with Crippen molar-refractivity contribution in [2.75, 3.05) is 0 Å². The topological polar surface area (TPSA) is 60.4 Å². The van der Waals surface area contributed by atoms with Crippen LogP contribution in [-0.4, -0.2) is 20.3 Å². The summed E-state index contributed by atoms with van der Waals surface area (Å²) < 4.78 is 27.6. The highest BCUT2D eigenvalue weighted by Crippen LogP contribution is 2.11. The van der Waals surface area contributed by atoms with Gasteiger partial charge >= 0.3 is 0 Å². The first-order chi connectivity index (χ1) is 7.06. The van der Waals surface area contributed by atoms with Gasteiger partial charge < -0.3 is 4.74 Å². The van der Waals surface area contributed by atoms with Crippen molar-refractivity contribution in [2.45, 2.75) is 18.1 Å². The normalized spacial score (nSPS) is 13.1. The zero-order valence-corrected chi connectivity index (χ0v) is 9.11. The van der Waals surface area contributed by atoms with E-state index in [1.165, 1.54) is 6.92 Å². The third kappa shape index (κ3) is 3.36. The first-order valence-electron chi connectivity index (χ1n) is 4.41. The van der Waals surface area contributed by atoms with E-state index in [1.807, 2.05) is 6.07 Å². The van der Waals surface area contributed by atoms with Crippen LogP contribution >= 0.6 is 0 Å². The molecule has 5 heteroatoms. The number of sulfone groups is 1. The Bertz CT molecular complexity index is 410. The van der Waals surface area contributed by atoms with Gasteiger partial charge in [0.25, 0.3) is 6.47 Å². The van der Waals surface area contributed by atoms with E-state index in [2.05, 4.69) is 4.74 Å². The SMILES string of the molecule is CC(OC=O)S(=O)(=O)Cc1ccccc1. The van der Waals surface area contributed by atoms with Gasteiger partial charge in [-0.2, -0.15) is 0 Å². The van der Waals surface area contributed by atoms with E-state index < -0.39 is 15.3 Å². The molecule has 0 aliphatic carbocycles. The third-order valence-electron chi connectivity index (χ3n) is 1.96. The maximum absolute atomic E-state index is 11.6. The van der Waals surface area contributed by atoms with Crippen LogP contribution in [0.3, 0.4) is 0 Å². The monoisotopic (exact) mass is 228 g/mol. The maximum Gasteiger partial charge on any atom is 0.294 e. The van der Waals surface area contributed by atoms with Crippen molar-refractivity contribution in [3.8, 4) is 0 Å². The molecule has 0 bridgehead atoms. The van der Waals surface area contributed by atoms with E-state index in [4.69, 9.17) is 0 Å². The number of ether oxygens (including phenoxy) is 1. The molecule has 0 heterocycles. The fraction of sp³-hybridized carbons (Fsp3) is 0.300. The molecule has 0 N–H and O–H groups in total. The zero-order chi connectivity index (χ0) is 11.3. The second-order valence-electron chi connectivity index (χ2n) is 3.09. The van der Waals surface area contributed by atoms with Gasteiger partial charge in [-0.15, -0.1) is 0 Å². The number of benzene rings is 1. The molecule has 0 fully saturated rings. The molecule has 0 aliphatic rings. The van der Waals surface area contributed by atoms with Crippen molar-refractivity contribution < 1.29 is 17.9 Å². The molecule has 1 rings (SSSR count). The largest absolute Gasteiger partial charge is 0.448 e. The maximum atomic E-state index is 11.6. The minimum Gasteiger partial charge on any atom is -0.448 e. The van der Waals surface area contributed by atoms with E-state index in [0.717, 1.165) is 0 Å². The van der Waals surface area contributed by atoms with Gasteiger partial charge in [-0.05, 0) is 12.5 Å². The lowest BCUT2D eigenvalue weighted by atomic mass is 10.2. The molecule has 0 saturated carbocycles. The van der Waals surface area contributed by atoms with Crippen LogP contribution in [0.4, 0.5) is 0 Å². The Hall–Kier alpha value is -1.36. The van der Waals surface area contributed by atoms with E-state index in [-0.39, 0.29) is 12.2 Å². The Kier molecular flexibility index (Phi) is 3.85. The molecule has 0 saturated heterocycles. The summed E-state index contributed by atoms with van der Waals surface area (Å²) in [4.78, 5) is 10.0. The molecule has 0 spiro atoms. The van der Waals surface area contributed by atoms with Crippen LogP contribution in [0.1, 0.15) is 12.5 Å². The van der Waals surface area contributed by atoms with Crippen LogP contribution in [0.5, 0.6) is 0 Å². The predicted octanol–water partition coefficient (Wildman–Crippen LogP) is 1.12. The first kappa shape index (κ1) is 11.7. The van der Waals surface area contributed by atoms with Crippen LogP contribution in [0.25, 0.3) is 0 Å². The second-order valence-corrected chi connectivity index (χ2v) is 5.37. The fourth-order valence-electron chi connectivity index (χ4n) is 1.09. The summed E-state index contributed by atoms with van der Waals surface area (Å²) in [7, 11) is -3.43. The Morgan fingerprint density at radius 1 is 1.33 bits per heavy atom. The van der Waals surface area contributed by atoms with Gasteiger partial charge in [0.15, 0.2) is 15.3 Å². The summed E-state index contributed by atoms with van der Waals surface area (Å²) in [5.41, 5.74) is -0.422. The predicted molar refractivity (Wildman–Crippen MR) is 55.7 cm³/mol. The smallest absolute Gasteiger partial charge is 0.294 e. The lowest BCUT2D eigenvalue weighted by Gasteiger charge is -2.10. The molecule has 0 aromatic heterocycles. The van der Waals surface area contributed by atoms with Gasteiger partial charge in [0.05, 0.1) is 5.75 Å². The Labute approximate surface area is 88.8 Å². The lowest BCUT2D eigenvalue weighted by molar-refractivity contribution is -0.129. The molecule has 0 aliphatic heterocycles. The van der Waals surface area contributed by atoms with Crippen LogP contribution in [0.2, 0.25) is 0 Å². The molecule has 1 unspecified atom stereocenters. The Morgan fingerprint density at radius 3 is 2.47 bits per heavy atom. The van der Waals surface area contributed by atoms with Gasteiger partial charge in [0, 0.05) is 0 Å². The summed E-state index contributed by atoms with van der Waals surface area (Å²) >= 11 is 0. The molecule has 1 atom stereocenters. The van der Waals surface area contributed by atoms with Crippen LogP contribution in [-0.2, 0) is 25.1 Å². The van der Waals surface area contributed by atoms with E-state index in [9.17, 15) is 13.2 Å². The molecule has 82 valence electrons. The molecular formula is C10H12O4S. The minimum atomic E-state index is -3.43. The fourth-order valence-corrected chi connectivity index (χ4v) is 2.19. The molecule has 4 nitrogen and oxygen atoms in total. The van der Waals surface area contributed by atoms with Crippen LogP contribution < -0.4 is 0 Å². The minimum absolute atomic E-state index is 0.122. The van der Waals surface area contributed by atoms with Crippen molar-refractivity contribution in [3.05, 3.63) is 35.9 Å². The highest BCUT2D eigenvalue weighted by atomic mass is 32.2. The standard InChI is InChI=1S/C10H12O4S/c1-9(14-8-11)15(12,13)7-10-5-3-2-4-6-10/h2-6,8-9H,7H2,1H3. The van der Waals surface area contributed by atoms with Gasteiger partial charge in [-0.3, -0.25) is 4.79 Å². The second kappa shape index (κ2) is 4.93. The highest BCUT2D eigenvalue weighted by molar-refractivity contribution is 7.91.